The molecule has 1 aromatic heterocycles. The van der Waals surface area contributed by atoms with Crippen molar-refractivity contribution in [3.8, 4) is 0 Å². The van der Waals surface area contributed by atoms with Gasteiger partial charge in [-0.1, -0.05) is 18.3 Å². The van der Waals surface area contributed by atoms with Gasteiger partial charge in [0.05, 0.1) is 0 Å². The number of nitrogens with zero attached hydrogens (tertiary/aromatic N) is 2. The van der Waals surface area contributed by atoms with Crippen molar-refractivity contribution in [2.45, 2.75) is 26.3 Å². The van der Waals surface area contributed by atoms with Crippen LogP contribution in [0.15, 0.2) is 6.20 Å². The van der Waals surface area contributed by atoms with E-state index in [0.717, 1.165) is 24.1 Å². The first-order chi connectivity index (χ1) is 7.31. The van der Waals surface area contributed by atoms with Crippen molar-refractivity contribution < 1.29 is 0 Å². The van der Waals surface area contributed by atoms with E-state index in [2.05, 4.69) is 22.2 Å². The predicted octanol–water partition coefficient (Wildman–Crippen LogP) is 1.66. The first-order valence-corrected chi connectivity index (χ1v) is 6.27. The van der Waals surface area contributed by atoms with Gasteiger partial charge in [0.2, 0.25) is 0 Å². The quantitative estimate of drug-likeness (QED) is 0.572. The zero-order chi connectivity index (χ0) is 10.7. The molecule has 0 amide bonds. The first kappa shape index (κ1) is 10.9. The molecule has 1 aromatic rings. The SMILES string of the molecule is CCN(Cc1cnc(NN)s1)CC1CC1. The maximum atomic E-state index is 5.30. The van der Waals surface area contributed by atoms with E-state index in [-0.39, 0.29) is 0 Å². The second-order valence-electron chi connectivity index (χ2n) is 4.05. The summed E-state index contributed by atoms with van der Waals surface area (Å²) >= 11 is 1.64. The average Bonchev–Trinajstić information content (AvgIpc) is 2.95. The van der Waals surface area contributed by atoms with Crippen LogP contribution in [0.1, 0.15) is 24.6 Å². The molecule has 0 aliphatic heterocycles. The Balaban J connectivity index is 1.86. The van der Waals surface area contributed by atoms with Crippen LogP contribution in [-0.4, -0.2) is 23.0 Å². The van der Waals surface area contributed by atoms with E-state index in [1.807, 2.05) is 6.20 Å². The average molecular weight is 226 g/mol. The molecule has 0 atom stereocenters. The van der Waals surface area contributed by atoms with E-state index in [1.165, 1.54) is 24.3 Å². The Bertz CT molecular complexity index is 308. The lowest BCUT2D eigenvalue weighted by Gasteiger charge is -2.18. The molecule has 1 aliphatic rings. The Morgan fingerprint density at radius 1 is 1.67 bits per heavy atom. The fourth-order valence-electron chi connectivity index (χ4n) is 1.64. The summed E-state index contributed by atoms with van der Waals surface area (Å²) in [7, 11) is 0. The van der Waals surface area contributed by atoms with E-state index < -0.39 is 0 Å². The fourth-order valence-corrected chi connectivity index (χ4v) is 2.40. The molecular weight excluding hydrogens is 208 g/mol. The number of rotatable bonds is 6. The van der Waals surface area contributed by atoms with E-state index in [9.17, 15) is 0 Å². The molecule has 84 valence electrons. The van der Waals surface area contributed by atoms with E-state index in [0.29, 0.717) is 0 Å². The highest BCUT2D eigenvalue weighted by atomic mass is 32.1. The predicted molar refractivity (Wildman–Crippen MR) is 63.6 cm³/mol. The Kier molecular flexibility index (Phi) is 3.56. The summed E-state index contributed by atoms with van der Waals surface area (Å²) in [6.07, 6.45) is 4.74. The van der Waals surface area contributed by atoms with Crippen LogP contribution in [0.4, 0.5) is 5.13 Å². The largest absolute Gasteiger partial charge is 0.300 e. The van der Waals surface area contributed by atoms with Crippen molar-refractivity contribution in [1.29, 1.82) is 0 Å². The molecule has 15 heavy (non-hydrogen) atoms. The van der Waals surface area contributed by atoms with Gasteiger partial charge >= 0.3 is 0 Å². The molecule has 3 N–H and O–H groups in total. The van der Waals surface area contributed by atoms with Gasteiger partial charge in [-0.3, -0.25) is 10.3 Å². The summed E-state index contributed by atoms with van der Waals surface area (Å²) in [5, 5.41) is 0.799. The lowest BCUT2D eigenvalue weighted by Crippen LogP contribution is -2.24. The van der Waals surface area contributed by atoms with Crippen LogP contribution in [-0.2, 0) is 6.54 Å². The highest BCUT2D eigenvalue weighted by molar-refractivity contribution is 7.15. The molecule has 0 saturated heterocycles. The lowest BCUT2D eigenvalue weighted by molar-refractivity contribution is 0.270. The van der Waals surface area contributed by atoms with Gasteiger partial charge < -0.3 is 0 Å². The van der Waals surface area contributed by atoms with Crippen LogP contribution in [0, 0.1) is 5.92 Å². The Hall–Kier alpha value is -0.650. The molecule has 4 nitrogen and oxygen atoms in total. The second kappa shape index (κ2) is 4.92. The Labute approximate surface area is 94.5 Å². The zero-order valence-corrected chi connectivity index (χ0v) is 9.89. The number of hydrazine groups is 1. The monoisotopic (exact) mass is 226 g/mol. The number of thiazole rings is 1. The fraction of sp³-hybridized carbons (Fsp3) is 0.700. The zero-order valence-electron chi connectivity index (χ0n) is 9.07. The van der Waals surface area contributed by atoms with Crippen LogP contribution in [0.25, 0.3) is 0 Å². The minimum absolute atomic E-state index is 0.799. The topological polar surface area (TPSA) is 54.2 Å². The van der Waals surface area contributed by atoms with Gasteiger partial charge in [-0.25, -0.2) is 10.8 Å². The smallest absolute Gasteiger partial charge is 0.197 e. The van der Waals surface area contributed by atoms with Crippen molar-refractivity contribution in [3.05, 3.63) is 11.1 Å². The lowest BCUT2D eigenvalue weighted by atomic mass is 10.3. The maximum Gasteiger partial charge on any atom is 0.197 e. The van der Waals surface area contributed by atoms with Crippen LogP contribution in [0.5, 0.6) is 0 Å². The number of nitrogens with two attached hydrogens (primary N) is 1. The van der Waals surface area contributed by atoms with Gasteiger partial charge in [0.15, 0.2) is 5.13 Å². The molecule has 1 fully saturated rings. The molecule has 0 spiro atoms. The standard InChI is InChI=1S/C10H18N4S/c1-2-14(6-8-3-4-8)7-9-5-12-10(13-11)15-9/h5,8H,2-4,6-7,11H2,1H3,(H,12,13). The Morgan fingerprint density at radius 2 is 2.47 bits per heavy atom. The molecule has 0 aromatic carbocycles. The minimum atomic E-state index is 0.799. The van der Waals surface area contributed by atoms with Crippen LogP contribution < -0.4 is 11.3 Å². The van der Waals surface area contributed by atoms with Crippen LogP contribution in [0.2, 0.25) is 0 Å². The van der Waals surface area contributed by atoms with Gasteiger partial charge in [0.1, 0.15) is 0 Å². The number of nitrogens with one attached hydrogen (secondary N) is 1. The van der Waals surface area contributed by atoms with Gasteiger partial charge in [-0.05, 0) is 25.3 Å². The van der Waals surface area contributed by atoms with Crippen molar-refractivity contribution in [1.82, 2.24) is 9.88 Å². The van der Waals surface area contributed by atoms with Crippen LogP contribution >= 0.6 is 11.3 Å². The summed E-state index contributed by atoms with van der Waals surface area (Å²) in [5.41, 5.74) is 2.58. The van der Waals surface area contributed by atoms with Crippen molar-refractivity contribution in [2.24, 2.45) is 11.8 Å². The summed E-state index contributed by atoms with van der Waals surface area (Å²) in [6.45, 7) is 5.57. The maximum absolute atomic E-state index is 5.30. The summed E-state index contributed by atoms with van der Waals surface area (Å²) in [4.78, 5) is 7.93. The number of hydrogen-bond donors (Lipinski definition) is 2. The molecule has 5 heteroatoms. The number of nitrogen functional groups attached to an aromatic ring is 1. The van der Waals surface area contributed by atoms with Gasteiger partial charge in [0, 0.05) is 24.2 Å². The molecule has 1 aliphatic carbocycles. The summed E-state index contributed by atoms with van der Waals surface area (Å²) in [6, 6.07) is 0. The number of aromatic nitrogens is 1. The third kappa shape index (κ3) is 3.15. The number of hydrogen-bond acceptors (Lipinski definition) is 5. The van der Waals surface area contributed by atoms with E-state index >= 15 is 0 Å². The molecule has 2 rings (SSSR count). The third-order valence-electron chi connectivity index (χ3n) is 2.72. The van der Waals surface area contributed by atoms with Crippen molar-refractivity contribution >= 4 is 16.5 Å². The normalized spacial score (nSPS) is 15.9. The van der Waals surface area contributed by atoms with Gasteiger partial charge in [-0.2, -0.15) is 0 Å². The van der Waals surface area contributed by atoms with Gasteiger partial charge in [0.25, 0.3) is 0 Å². The molecule has 0 radical (unpaired) electrons. The van der Waals surface area contributed by atoms with Gasteiger partial charge in [-0.15, -0.1) is 0 Å². The highest BCUT2D eigenvalue weighted by Gasteiger charge is 2.23. The molecule has 1 saturated carbocycles. The molecule has 0 unspecified atom stereocenters. The molecular formula is C10H18N4S. The van der Waals surface area contributed by atoms with Crippen molar-refractivity contribution in [2.75, 3.05) is 18.5 Å². The number of anilines is 1. The molecule has 1 heterocycles. The van der Waals surface area contributed by atoms with Crippen molar-refractivity contribution in [3.63, 3.8) is 0 Å². The highest BCUT2D eigenvalue weighted by Crippen LogP contribution is 2.30. The second-order valence-corrected chi connectivity index (χ2v) is 5.16. The third-order valence-corrected chi connectivity index (χ3v) is 3.63. The summed E-state index contributed by atoms with van der Waals surface area (Å²) in [5.74, 6) is 6.25. The van der Waals surface area contributed by atoms with E-state index in [1.54, 1.807) is 11.3 Å². The molecule has 0 bridgehead atoms. The minimum Gasteiger partial charge on any atom is -0.300 e. The Morgan fingerprint density at radius 3 is 3.00 bits per heavy atom. The summed E-state index contributed by atoms with van der Waals surface area (Å²) < 4.78 is 0. The first-order valence-electron chi connectivity index (χ1n) is 5.45. The van der Waals surface area contributed by atoms with E-state index in [4.69, 9.17) is 5.84 Å². The van der Waals surface area contributed by atoms with Crippen LogP contribution in [0.3, 0.4) is 0 Å².